The minimum Gasteiger partial charge on any atom is -0.423 e. The second-order valence-corrected chi connectivity index (χ2v) is 8.21. The van der Waals surface area contributed by atoms with Crippen molar-refractivity contribution in [2.75, 3.05) is 23.4 Å². The molecule has 0 radical (unpaired) electrons. The van der Waals surface area contributed by atoms with Crippen molar-refractivity contribution in [3.8, 4) is 11.1 Å². The average molecular weight is 437 g/mol. The summed E-state index contributed by atoms with van der Waals surface area (Å²) in [7, 11) is 2.10. The first-order valence-corrected chi connectivity index (χ1v) is 10.3. The van der Waals surface area contributed by atoms with Crippen LogP contribution in [0.25, 0.3) is 22.2 Å². The molecule has 2 aliphatic rings. The lowest BCUT2D eigenvalue weighted by Crippen LogP contribution is -2.15. The Labute approximate surface area is 181 Å². The van der Waals surface area contributed by atoms with Crippen molar-refractivity contribution in [2.45, 2.75) is 25.7 Å². The molecule has 162 valence electrons. The molecular formula is C23H18F3N5O. The first kappa shape index (κ1) is 19.1. The number of anilines is 2. The average Bonchev–Trinajstić information content (AvgIpc) is 3.48. The lowest BCUT2D eigenvalue weighted by atomic mass is 10.0. The Morgan fingerprint density at radius 3 is 2.62 bits per heavy atom. The van der Waals surface area contributed by atoms with Crippen molar-refractivity contribution in [1.82, 2.24) is 15.0 Å². The Kier molecular flexibility index (Phi) is 3.99. The van der Waals surface area contributed by atoms with Gasteiger partial charge in [-0.05, 0) is 47.4 Å². The molecule has 9 heteroatoms. The highest BCUT2D eigenvalue weighted by molar-refractivity contribution is 5.82. The molecule has 32 heavy (non-hydrogen) atoms. The van der Waals surface area contributed by atoms with Crippen LogP contribution in [0, 0.1) is 0 Å². The van der Waals surface area contributed by atoms with Crippen molar-refractivity contribution >= 4 is 22.8 Å². The summed E-state index contributed by atoms with van der Waals surface area (Å²) < 4.78 is 44.6. The van der Waals surface area contributed by atoms with Gasteiger partial charge in [0.05, 0.1) is 18.8 Å². The minimum atomic E-state index is -4.57. The Morgan fingerprint density at radius 1 is 0.969 bits per heavy atom. The van der Waals surface area contributed by atoms with Crippen LogP contribution in [0.15, 0.2) is 47.0 Å². The molecular weight excluding hydrogens is 419 g/mol. The van der Waals surface area contributed by atoms with Gasteiger partial charge in [-0.1, -0.05) is 12.1 Å². The zero-order chi connectivity index (χ0) is 22.0. The van der Waals surface area contributed by atoms with E-state index in [4.69, 9.17) is 4.42 Å². The molecule has 0 spiro atoms. The van der Waals surface area contributed by atoms with Crippen LogP contribution in [0.2, 0.25) is 0 Å². The van der Waals surface area contributed by atoms with E-state index < -0.39 is 12.0 Å². The summed E-state index contributed by atoms with van der Waals surface area (Å²) in [5, 5.41) is 0. The summed E-state index contributed by atoms with van der Waals surface area (Å²) >= 11 is 0. The SMILES string of the molecule is CN1CCc2cc(-c3ccc4oc(N5Cc6cnc(C(F)(F)F)nc6C5)nc4c3)ccc21. The normalized spacial score (nSPS) is 15.5. The molecule has 6 rings (SSSR count). The van der Waals surface area contributed by atoms with Gasteiger partial charge >= 0.3 is 6.18 Å². The van der Waals surface area contributed by atoms with Gasteiger partial charge in [-0.2, -0.15) is 18.2 Å². The zero-order valence-corrected chi connectivity index (χ0v) is 17.1. The molecule has 0 saturated carbocycles. The highest BCUT2D eigenvalue weighted by atomic mass is 19.4. The lowest BCUT2D eigenvalue weighted by molar-refractivity contribution is -0.145. The van der Waals surface area contributed by atoms with Crippen LogP contribution in [-0.4, -0.2) is 28.5 Å². The first-order chi connectivity index (χ1) is 15.3. The van der Waals surface area contributed by atoms with Crippen LogP contribution in [0.1, 0.15) is 22.6 Å². The quantitative estimate of drug-likeness (QED) is 0.448. The predicted molar refractivity (Wildman–Crippen MR) is 113 cm³/mol. The van der Waals surface area contributed by atoms with Crippen LogP contribution in [0.3, 0.4) is 0 Å². The van der Waals surface area contributed by atoms with E-state index in [0.717, 1.165) is 24.1 Å². The minimum absolute atomic E-state index is 0.193. The van der Waals surface area contributed by atoms with Gasteiger partial charge in [0.15, 0.2) is 5.58 Å². The topological polar surface area (TPSA) is 58.3 Å². The number of nitrogens with zero attached hydrogens (tertiary/aromatic N) is 5. The maximum Gasteiger partial charge on any atom is 0.451 e. The van der Waals surface area contributed by atoms with E-state index in [2.05, 4.69) is 45.1 Å². The number of hydrogen-bond acceptors (Lipinski definition) is 6. The second kappa shape index (κ2) is 6.69. The number of likely N-dealkylation sites (N-methyl/N-ethyl adjacent to an activating group) is 1. The number of oxazole rings is 1. The van der Waals surface area contributed by atoms with Gasteiger partial charge in [-0.25, -0.2) is 9.97 Å². The molecule has 2 aliphatic heterocycles. The number of alkyl halides is 3. The van der Waals surface area contributed by atoms with Crippen LogP contribution >= 0.6 is 0 Å². The fraction of sp³-hybridized carbons (Fsp3) is 0.261. The van der Waals surface area contributed by atoms with Gasteiger partial charge in [-0.15, -0.1) is 0 Å². The van der Waals surface area contributed by atoms with Gasteiger partial charge in [0.1, 0.15) is 5.52 Å². The molecule has 2 aromatic carbocycles. The smallest absolute Gasteiger partial charge is 0.423 e. The number of hydrogen-bond donors (Lipinski definition) is 0. The van der Waals surface area contributed by atoms with Gasteiger partial charge < -0.3 is 14.2 Å². The van der Waals surface area contributed by atoms with Gasteiger partial charge in [0, 0.05) is 31.0 Å². The van der Waals surface area contributed by atoms with Crippen LogP contribution in [0.4, 0.5) is 24.9 Å². The Balaban J connectivity index is 1.29. The summed E-state index contributed by atoms with van der Waals surface area (Å²) in [6.45, 7) is 1.57. The molecule has 0 saturated heterocycles. The third-order valence-corrected chi connectivity index (χ3v) is 6.10. The van der Waals surface area contributed by atoms with Gasteiger partial charge in [-0.3, -0.25) is 0 Å². The number of fused-ring (bicyclic) bond motifs is 3. The monoisotopic (exact) mass is 437 g/mol. The van der Waals surface area contributed by atoms with E-state index in [-0.39, 0.29) is 6.54 Å². The molecule has 0 atom stereocenters. The second-order valence-electron chi connectivity index (χ2n) is 8.21. The lowest BCUT2D eigenvalue weighted by Gasteiger charge is -2.12. The molecule has 0 N–H and O–H groups in total. The van der Waals surface area contributed by atoms with Gasteiger partial charge in [0.2, 0.25) is 5.82 Å². The molecule has 6 nitrogen and oxygen atoms in total. The van der Waals surface area contributed by atoms with E-state index in [1.54, 1.807) is 4.90 Å². The summed E-state index contributed by atoms with van der Waals surface area (Å²) in [5.41, 5.74) is 7.08. The molecule has 0 bridgehead atoms. The molecule has 0 aliphatic carbocycles. The molecule has 4 aromatic rings. The Morgan fingerprint density at radius 2 is 1.78 bits per heavy atom. The van der Waals surface area contributed by atoms with Crippen molar-refractivity contribution in [2.24, 2.45) is 0 Å². The number of aromatic nitrogens is 3. The highest BCUT2D eigenvalue weighted by Crippen LogP contribution is 2.35. The molecule has 0 fully saturated rings. The maximum absolute atomic E-state index is 12.9. The summed E-state index contributed by atoms with van der Waals surface area (Å²) in [6.07, 6.45) is -2.30. The third-order valence-electron chi connectivity index (χ3n) is 6.10. The van der Waals surface area contributed by atoms with Crippen LogP contribution in [-0.2, 0) is 25.7 Å². The van der Waals surface area contributed by atoms with Crippen molar-refractivity contribution in [3.63, 3.8) is 0 Å². The summed E-state index contributed by atoms with van der Waals surface area (Å²) in [5.74, 6) is -1.12. The van der Waals surface area contributed by atoms with Crippen LogP contribution < -0.4 is 9.80 Å². The van der Waals surface area contributed by atoms with E-state index in [0.29, 0.717) is 34.9 Å². The maximum atomic E-state index is 12.9. The van der Waals surface area contributed by atoms with E-state index in [1.807, 2.05) is 18.2 Å². The Hall–Kier alpha value is -3.62. The first-order valence-electron chi connectivity index (χ1n) is 10.3. The largest absolute Gasteiger partial charge is 0.451 e. The fourth-order valence-corrected chi connectivity index (χ4v) is 4.40. The zero-order valence-electron chi connectivity index (χ0n) is 17.1. The summed E-state index contributed by atoms with van der Waals surface area (Å²) in [4.78, 5) is 15.8. The number of halogens is 3. The predicted octanol–water partition coefficient (Wildman–Crippen LogP) is 4.82. The number of rotatable bonds is 2. The Bertz CT molecular complexity index is 1360. The van der Waals surface area contributed by atoms with Crippen molar-refractivity contribution in [1.29, 1.82) is 0 Å². The third kappa shape index (κ3) is 3.07. The van der Waals surface area contributed by atoms with Crippen LogP contribution in [0.5, 0.6) is 0 Å². The standard InChI is InChI=1S/C23H18F3N5O/c1-30-7-6-15-8-13(2-4-19(15)30)14-3-5-20-17(9-14)29-22(32-20)31-11-16-10-27-21(23(24,25)26)28-18(16)12-31/h2-5,8-10H,6-7,11-12H2,1H3. The fourth-order valence-electron chi connectivity index (χ4n) is 4.40. The van der Waals surface area contributed by atoms with Gasteiger partial charge in [0.25, 0.3) is 6.01 Å². The van der Waals surface area contributed by atoms with Crippen molar-refractivity contribution < 1.29 is 17.6 Å². The van der Waals surface area contributed by atoms with E-state index in [1.165, 1.54) is 17.4 Å². The molecule has 0 amide bonds. The highest BCUT2D eigenvalue weighted by Gasteiger charge is 2.36. The molecule has 2 aromatic heterocycles. The summed E-state index contributed by atoms with van der Waals surface area (Å²) in [6, 6.07) is 12.7. The van der Waals surface area contributed by atoms with Crippen molar-refractivity contribution in [3.05, 3.63) is 65.2 Å². The van der Waals surface area contributed by atoms with E-state index >= 15 is 0 Å². The molecule has 4 heterocycles. The number of benzene rings is 2. The van der Waals surface area contributed by atoms with E-state index in [9.17, 15) is 13.2 Å². The molecule has 0 unspecified atom stereocenters.